The van der Waals surface area contributed by atoms with Crippen molar-refractivity contribution in [3.63, 3.8) is 0 Å². The Morgan fingerprint density at radius 3 is 2.41 bits per heavy atom. The number of piperidine rings is 1. The molecule has 1 aromatic heterocycles. The second kappa shape index (κ2) is 11.1. The SMILES string of the molecule is Cc1cc(C)c(N(c2ccccc2Cl)C2CCNCC2)cc1C(=O)N1CCN(c2ccc(F)cn2)CC1. The zero-order chi connectivity index (χ0) is 25.9. The molecule has 2 aromatic carbocycles. The van der Waals surface area contributed by atoms with Gasteiger partial charge in [0.1, 0.15) is 11.6 Å². The lowest BCUT2D eigenvalue weighted by Crippen LogP contribution is -2.49. The maximum Gasteiger partial charge on any atom is 0.254 e. The molecule has 2 aliphatic rings. The van der Waals surface area contributed by atoms with Gasteiger partial charge in [-0.1, -0.05) is 29.8 Å². The fourth-order valence-electron chi connectivity index (χ4n) is 5.43. The zero-order valence-corrected chi connectivity index (χ0v) is 22.1. The lowest BCUT2D eigenvalue weighted by molar-refractivity contribution is 0.0746. The number of amides is 1. The lowest BCUT2D eigenvalue weighted by Gasteiger charge is -2.39. The molecular weight excluding hydrogens is 489 g/mol. The number of anilines is 3. The number of para-hydroxylation sites is 1. The van der Waals surface area contributed by atoms with Gasteiger partial charge < -0.3 is 20.0 Å². The van der Waals surface area contributed by atoms with E-state index >= 15 is 0 Å². The Labute approximate surface area is 223 Å². The van der Waals surface area contributed by atoms with Crippen LogP contribution in [0.15, 0.2) is 54.7 Å². The van der Waals surface area contributed by atoms with Crippen molar-refractivity contribution in [3.05, 3.63) is 82.3 Å². The normalized spacial score (nSPS) is 16.6. The van der Waals surface area contributed by atoms with E-state index in [0.29, 0.717) is 31.2 Å². The number of aromatic nitrogens is 1. The van der Waals surface area contributed by atoms with Crippen molar-refractivity contribution < 1.29 is 9.18 Å². The van der Waals surface area contributed by atoms with Crippen molar-refractivity contribution >= 4 is 34.7 Å². The summed E-state index contributed by atoms with van der Waals surface area (Å²) in [6.45, 7) is 8.51. The molecule has 1 N–H and O–H groups in total. The minimum atomic E-state index is -0.349. The summed E-state index contributed by atoms with van der Waals surface area (Å²) in [6, 6.07) is 15.5. The van der Waals surface area contributed by atoms with Crippen molar-refractivity contribution in [2.45, 2.75) is 32.7 Å². The predicted molar refractivity (Wildman–Crippen MR) is 148 cm³/mol. The Bertz CT molecular complexity index is 1250. The van der Waals surface area contributed by atoms with Gasteiger partial charge in [-0.2, -0.15) is 0 Å². The highest BCUT2D eigenvalue weighted by Crippen LogP contribution is 2.38. The standard InChI is InChI=1S/C29H33ClFN5O/c1-20-17-21(2)27(36(23-9-11-32-12-10-23)26-6-4-3-5-25(26)30)18-24(20)29(37)35-15-13-34(14-16-35)28-8-7-22(31)19-33-28/h3-8,17-19,23,32H,9-16H2,1-2H3. The third-order valence-corrected chi connectivity index (χ3v) is 7.74. The molecule has 0 saturated carbocycles. The van der Waals surface area contributed by atoms with Crippen LogP contribution < -0.4 is 15.1 Å². The van der Waals surface area contributed by atoms with Gasteiger partial charge in [0.15, 0.2) is 0 Å². The molecule has 6 nitrogen and oxygen atoms in total. The molecule has 0 aliphatic carbocycles. The quantitative estimate of drug-likeness (QED) is 0.491. The Hall–Kier alpha value is -3.16. The van der Waals surface area contributed by atoms with E-state index in [4.69, 9.17) is 11.6 Å². The van der Waals surface area contributed by atoms with E-state index < -0.39 is 0 Å². The van der Waals surface area contributed by atoms with Gasteiger partial charge in [0.05, 0.1) is 16.9 Å². The predicted octanol–water partition coefficient (Wildman–Crippen LogP) is 5.34. The van der Waals surface area contributed by atoms with Crippen LogP contribution in [0.1, 0.15) is 34.3 Å². The number of carbonyl (C=O) groups excluding carboxylic acids is 1. The lowest BCUT2D eigenvalue weighted by atomic mass is 9.97. The van der Waals surface area contributed by atoms with Crippen LogP contribution in [0, 0.1) is 19.7 Å². The molecule has 2 aliphatic heterocycles. The first-order valence-corrected chi connectivity index (χ1v) is 13.3. The Kier molecular flexibility index (Phi) is 7.63. The molecule has 3 heterocycles. The topological polar surface area (TPSA) is 51.7 Å². The number of pyridine rings is 1. The summed E-state index contributed by atoms with van der Waals surface area (Å²) in [5.41, 5.74) is 4.82. The maximum atomic E-state index is 13.8. The van der Waals surface area contributed by atoms with Crippen LogP contribution >= 0.6 is 11.6 Å². The number of halogens is 2. The monoisotopic (exact) mass is 521 g/mol. The third-order valence-electron chi connectivity index (χ3n) is 7.42. The summed E-state index contributed by atoms with van der Waals surface area (Å²) in [7, 11) is 0. The van der Waals surface area contributed by atoms with Crippen molar-refractivity contribution in [1.29, 1.82) is 0 Å². The third kappa shape index (κ3) is 5.43. The average molecular weight is 522 g/mol. The van der Waals surface area contributed by atoms with Crippen molar-refractivity contribution in [2.24, 2.45) is 0 Å². The number of hydrogen-bond donors (Lipinski definition) is 1. The minimum absolute atomic E-state index is 0.0369. The number of piperazine rings is 1. The first kappa shape index (κ1) is 25.5. The van der Waals surface area contributed by atoms with Gasteiger partial charge in [0.25, 0.3) is 5.91 Å². The van der Waals surface area contributed by atoms with Crippen LogP contribution in [0.3, 0.4) is 0 Å². The van der Waals surface area contributed by atoms with Gasteiger partial charge in [0.2, 0.25) is 0 Å². The molecule has 2 fully saturated rings. The van der Waals surface area contributed by atoms with Gasteiger partial charge >= 0.3 is 0 Å². The first-order valence-electron chi connectivity index (χ1n) is 12.9. The second-order valence-electron chi connectivity index (χ2n) is 9.87. The highest BCUT2D eigenvalue weighted by Gasteiger charge is 2.29. The largest absolute Gasteiger partial charge is 0.353 e. The van der Waals surface area contributed by atoms with Crippen LogP contribution in [-0.2, 0) is 0 Å². The smallest absolute Gasteiger partial charge is 0.254 e. The fourth-order valence-corrected chi connectivity index (χ4v) is 5.66. The minimum Gasteiger partial charge on any atom is -0.353 e. The highest BCUT2D eigenvalue weighted by atomic mass is 35.5. The van der Waals surface area contributed by atoms with Crippen LogP contribution in [0.2, 0.25) is 5.02 Å². The highest BCUT2D eigenvalue weighted by molar-refractivity contribution is 6.33. The average Bonchev–Trinajstić information content (AvgIpc) is 2.92. The molecular formula is C29H33ClFN5O. The van der Waals surface area contributed by atoms with Crippen molar-refractivity contribution in [2.75, 3.05) is 49.1 Å². The zero-order valence-electron chi connectivity index (χ0n) is 21.4. The number of carbonyl (C=O) groups is 1. The molecule has 8 heteroatoms. The van der Waals surface area contributed by atoms with Crippen LogP contribution in [0.5, 0.6) is 0 Å². The van der Waals surface area contributed by atoms with Crippen molar-refractivity contribution in [3.8, 4) is 0 Å². The van der Waals surface area contributed by atoms with Crippen molar-refractivity contribution in [1.82, 2.24) is 15.2 Å². The number of hydrogen-bond acceptors (Lipinski definition) is 5. The van der Waals surface area contributed by atoms with Gasteiger partial charge in [-0.25, -0.2) is 9.37 Å². The van der Waals surface area contributed by atoms with E-state index in [1.165, 1.54) is 12.3 Å². The summed E-state index contributed by atoms with van der Waals surface area (Å²) in [6.07, 6.45) is 3.24. The number of rotatable bonds is 5. The summed E-state index contributed by atoms with van der Waals surface area (Å²) < 4.78 is 13.3. The summed E-state index contributed by atoms with van der Waals surface area (Å²) in [4.78, 5) is 24.3. The molecule has 37 heavy (non-hydrogen) atoms. The maximum absolute atomic E-state index is 13.8. The molecule has 194 valence electrons. The Morgan fingerprint density at radius 2 is 1.73 bits per heavy atom. The molecule has 1 amide bonds. The number of benzene rings is 2. The van der Waals surface area contributed by atoms with Crippen LogP contribution in [0.25, 0.3) is 0 Å². The van der Waals surface area contributed by atoms with Crippen LogP contribution in [0.4, 0.5) is 21.6 Å². The molecule has 0 atom stereocenters. The fraction of sp³-hybridized carbons (Fsp3) is 0.379. The summed E-state index contributed by atoms with van der Waals surface area (Å²) in [5.74, 6) is 0.424. The molecule has 2 saturated heterocycles. The molecule has 0 bridgehead atoms. The number of aryl methyl sites for hydroxylation is 2. The summed E-state index contributed by atoms with van der Waals surface area (Å²) in [5, 5.41) is 4.16. The molecule has 5 rings (SSSR count). The van der Waals surface area contributed by atoms with Gasteiger partial charge in [-0.15, -0.1) is 0 Å². The number of nitrogens with one attached hydrogen (secondary N) is 1. The Morgan fingerprint density at radius 1 is 1.00 bits per heavy atom. The van der Waals surface area contributed by atoms with Gasteiger partial charge in [-0.05, 0) is 81.2 Å². The van der Waals surface area contributed by atoms with Crippen LogP contribution in [-0.4, -0.2) is 61.1 Å². The molecule has 0 unspecified atom stereocenters. The summed E-state index contributed by atoms with van der Waals surface area (Å²) >= 11 is 6.71. The molecule has 3 aromatic rings. The van der Waals surface area contributed by atoms with E-state index in [1.54, 1.807) is 6.07 Å². The second-order valence-corrected chi connectivity index (χ2v) is 10.3. The Balaban J connectivity index is 1.42. The van der Waals surface area contributed by atoms with E-state index in [0.717, 1.165) is 59.8 Å². The van der Waals surface area contributed by atoms with E-state index in [9.17, 15) is 9.18 Å². The first-order chi connectivity index (χ1) is 17.9. The van der Waals surface area contributed by atoms with E-state index in [-0.39, 0.29) is 17.8 Å². The van der Waals surface area contributed by atoms with Gasteiger partial charge in [-0.3, -0.25) is 4.79 Å². The van der Waals surface area contributed by atoms with Gasteiger partial charge in [0, 0.05) is 43.5 Å². The molecule has 0 radical (unpaired) electrons. The molecule has 0 spiro atoms. The number of nitrogens with zero attached hydrogens (tertiary/aromatic N) is 4. The van der Waals surface area contributed by atoms with E-state index in [2.05, 4.69) is 45.2 Å². The van der Waals surface area contributed by atoms with E-state index in [1.807, 2.05) is 30.0 Å².